The molecule has 0 unspecified atom stereocenters. The number of hydrogen-bond acceptors (Lipinski definition) is 4. The van der Waals surface area contributed by atoms with E-state index in [9.17, 15) is 19.2 Å². The van der Waals surface area contributed by atoms with E-state index in [2.05, 4.69) is 10.6 Å². The standard InChI is InChI=1S/C22H22N4O4/c23-19(27)16-8-4-5-9-18(16)25-22(30)24-13-10-11-15-17(12-13)21(29)26(20(15)28)14-6-2-1-3-7-14/h4-5,8-12,14H,1-3,6-7H2,(H2,23,27)(H2,24,25,30). The predicted octanol–water partition coefficient (Wildman–Crippen LogP) is 3.36. The number of nitrogens with one attached hydrogen (secondary N) is 2. The lowest BCUT2D eigenvalue weighted by atomic mass is 9.94. The normalized spacial score (nSPS) is 16.3. The average Bonchev–Trinajstić information content (AvgIpc) is 2.98. The number of urea groups is 1. The van der Waals surface area contributed by atoms with Gasteiger partial charge in [-0.3, -0.25) is 19.3 Å². The van der Waals surface area contributed by atoms with E-state index in [1.165, 1.54) is 17.0 Å². The summed E-state index contributed by atoms with van der Waals surface area (Å²) in [4.78, 5) is 50.9. The zero-order valence-electron chi connectivity index (χ0n) is 16.3. The second kappa shape index (κ2) is 7.98. The van der Waals surface area contributed by atoms with E-state index in [1.807, 2.05) is 0 Å². The monoisotopic (exact) mass is 406 g/mol. The summed E-state index contributed by atoms with van der Waals surface area (Å²) < 4.78 is 0. The first-order chi connectivity index (χ1) is 14.5. The molecule has 8 nitrogen and oxygen atoms in total. The van der Waals surface area contributed by atoms with E-state index in [0.717, 1.165) is 32.1 Å². The Morgan fingerprint density at radius 3 is 2.33 bits per heavy atom. The number of para-hydroxylation sites is 1. The molecule has 1 fully saturated rings. The maximum atomic E-state index is 12.9. The van der Waals surface area contributed by atoms with Crippen LogP contribution in [0.1, 0.15) is 63.2 Å². The number of imide groups is 1. The summed E-state index contributed by atoms with van der Waals surface area (Å²) in [5.41, 5.74) is 6.80. The number of anilines is 2. The number of nitrogens with zero attached hydrogens (tertiary/aromatic N) is 1. The molecule has 0 radical (unpaired) electrons. The largest absolute Gasteiger partial charge is 0.366 e. The zero-order chi connectivity index (χ0) is 21.3. The Hall–Kier alpha value is -3.68. The number of carbonyl (C=O) groups is 4. The first-order valence-electron chi connectivity index (χ1n) is 9.94. The topological polar surface area (TPSA) is 122 Å². The number of amides is 5. The molecule has 4 rings (SSSR count). The molecular formula is C22H22N4O4. The first kappa shape index (κ1) is 19.6. The van der Waals surface area contributed by atoms with Crippen molar-refractivity contribution in [1.82, 2.24) is 4.90 Å². The summed E-state index contributed by atoms with van der Waals surface area (Å²) >= 11 is 0. The Balaban J connectivity index is 1.50. The number of hydrogen-bond donors (Lipinski definition) is 3. The van der Waals surface area contributed by atoms with Gasteiger partial charge in [-0.2, -0.15) is 0 Å². The van der Waals surface area contributed by atoms with Gasteiger partial charge in [0.15, 0.2) is 0 Å². The highest BCUT2D eigenvalue weighted by molar-refractivity contribution is 6.22. The summed E-state index contributed by atoms with van der Waals surface area (Å²) in [7, 11) is 0. The molecule has 0 saturated heterocycles. The van der Waals surface area contributed by atoms with Crippen LogP contribution in [0.15, 0.2) is 42.5 Å². The number of nitrogens with two attached hydrogens (primary N) is 1. The van der Waals surface area contributed by atoms with Crippen molar-refractivity contribution in [2.24, 2.45) is 5.73 Å². The Labute approximate surface area is 173 Å². The summed E-state index contributed by atoms with van der Waals surface area (Å²) in [5.74, 6) is -1.24. The minimum Gasteiger partial charge on any atom is -0.366 e. The number of carbonyl (C=O) groups excluding carboxylic acids is 4. The minimum absolute atomic E-state index is 0.0591. The molecular weight excluding hydrogens is 384 g/mol. The Bertz CT molecular complexity index is 1040. The van der Waals surface area contributed by atoms with Gasteiger partial charge in [-0.1, -0.05) is 31.4 Å². The smallest absolute Gasteiger partial charge is 0.323 e. The maximum Gasteiger partial charge on any atom is 0.323 e. The lowest BCUT2D eigenvalue weighted by Gasteiger charge is -2.29. The lowest BCUT2D eigenvalue weighted by Crippen LogP contribution is -2.40. The average molecular weight is 406 g/mol. The molecule has 1 aliphatic carbocycles. The fourth-order valence-corrected chi connectivity index (χ4v) is 4.10. The van der Waals surface area contributed by atoms with Crippen LogP contribution in [0, 0.1) is 0 Å². The van der Waals surface area contributed by atoms with Crippen LogP contribution in [0.5, 0.6) is 0 Å². The van der Waals surface area contributed by atoms with Crippen molar-refractivity contribution < 1.29 is 19.2 Å². The Kier molecular flexibility index (Phi) is 5.22. The number of fused-ring (bicyclic) bond motifs is 1. The van der Waals surface area contributed by atoms with Crippen LogP contribution in [-0.4, -0.2) is 34.7 Å². The highest BCUT2D eigenvalue weighted by atomic mass is 16.2. The quantitative estimate of drug-likeness (QED) is 0.674. The summed E-state index contributed by atoms with van der Waals surface area (Å²) in [6.45, 7) is 0. The Morgan fingerprint density at radius 1 is 0.900 bits per heavy atom. The highest BCUT2D eigenvalue weighted by Gasteiger charge is 2.40. The fraction of sp³-hybridized carbons (Fsp3) is 0.273. The molecule has 2 aromatic carbocycles. The second-order valence-electron chi connectivity index (χ2n) is 7.52. The van der Waals surface area contributed by atoms with Gasteiger partial charge in [0.05, 0.1) is 22.4 Å². The van der Waals surface area contributed by atoms with E-state index >= 15 is 0 Å². The molecule has 1 aliphatic heterocycles. The molecule has 8 heteroatoms. The van der Waals surface area contributed by atoms with Gasteiger partial charge in [-0.25, -0.2) is 4.79 Å². The Morgan fingerprint density at radius 2 is 1.60 bits per heavy atom. The van der Waals surface area contributed by atoms with Crippen molar-refractivity contribution in [3.63, 3.8) is 0 Å². The fourth-order valence-electron chi connectivity index (χ4n) is 4.10. The van der Waals surface area contributed by atoms with Crippen LogP contribution in [-0.2, 0) is 0 Å². The minimum atomic E-state index is -0.657. The van der Waals surface area contributed by atoms with Crippen LogP contribution in [0.25, 0.3) is 0 Å². The van der Waals surface area contributed by atoms with E-state index < -0.39 is 11.9 Å². The molecule has 5 amide bonds. The predicted molar refractivity (Wildman–Crippen MR) is 111 cm³/mol. The van der Waals surface area contributed by atoms with Crippen LogP contribution >= 0.6 is 0 Å². The number of benzene rings is 2. The number of primary amides is 1. The third-order valence-corrected chi connectivity index (χ3v) is 5.56. The van der Waals surface area contributed by atoms with Gasteiger partial charge in [-0.05, 0) is 43.2 Å². The summed E-state index contributed by atoms with van der Waals surface area (Å²) in [5, 5.41) is 5.21. The van der Waals surface area contributed by atoms with Crippen molar-refractivity contribution >= 4 is 35.1 Å². The molecule has 154 valence electrons. The lowest BCUT2D eigenvalue weighted by molar-refractivity contribution is 0.0548. The summed E-state index contributed by atoms with van der Waals surface area (Å²) in [6.07, 6.45) is 4.81. The van der Waals surface area contributed by atoms with Crippen molar-refractivity contribution in [3.05, 3.63) is 59.2 Å². The van der Waals surface area contributed by atoms with Gasteiger partial charge in [0.2, 0.25) is 0 Å². The van der Waals surface area contributed by atoms with E-state index in [-0.39, 0.29) is 29.1 Å². The molecule has 1 heterocycles. The van der Waals surface area contributed by atoms with Gasteiger partial charge in [0.1, 0.15) is 0 Å². The van der Waals surface area contributed by atoms with Crippen molar-refractivity contribution in [1.29, 1.82) is 0 Å². The first-order valence-corrected chi connectivity index (χ1v) is 9.94. The van der Waals surface area contributed by atoms with Gasteiger partial charge < -0.3 is 16.4 Å². The number of rotatable bonds is 4. The molecule has 0 spiro atoms. The SMILES string of the molecule is NC(=O)c1ccccc1NC(=O)Nc1ccc2c(c1)C(=O)N(C1CCCCC1)C2=O. The van der Waals surface area contributed by atoms with Crippen LogP contribution in [0.4, 0.5) is 16.2 Å². The zero-order valence-corrected chi connectivity index (χ0v) is 16.3. The van der Waals surface area contributed by atoms with Crippen molar-refractivity contribution in [3.8, 4) is 0 Å². The van der Waals surface area contributed by atoms with Crippen molar-refractivity contribution in [2.45, 2.75) is 38.1 Å². The third-order valence-electron chi connectivity index (χ3n) is 5.56. The van der Waals surface area contributed by atoms with Crippen molar-refractivity contribution in [2.75, 3.05) is 10.6 Å². The molecule has 0 bridgehead atoms. The molecule has 2 aliphatic rings. The van der Waals surface area contributed by atoms with Crippen LogP contribution < -0.4 is 16.4 Å². The maximum absolute atomic E-state index is 12.9. The van der Waals surface area contributed by atoms with E-state index in [4.69, 9.17) is 5.73 Å². The molecule has 0 aromatic heterocycles. The van der Waals surface area contributed by atoms with Crippen LogP contribution in [0.2, 0.25) is 0 Å². The summed E-state index contributed by atoms with van der Waals surface area (Å²) in [6, 6.07) is 10.4. The second-order valence-corrected chi connectivity index (χ2v) is 7.52. The van der Waals surface area contributed by atoms with Gasteiger partial charge in [0.25, 0.3) is 17.7 Å². The molecule has 4 N–H and O–H groups in total. The molecule has 2 aromatic rings. The molecule has 1 saturated carbocycles. The third kappa shape index (κ3) is 3.63. The molecule has 0 atom stereocenters. The van der Waals surface area contributed by atoms with Gasteiger partial charge >= 0.3 is 6.03 Å². The van der Waals surface area contributed by atoms with E-state index in [1.54, 1.807) is 30.3 Å². The van der Waals surface area contributed by atoms with Crippen LogP contribution in [0.3, 0.4) is 0 Å². The van der Waals surface area contributed by atoms with E-state index in [0.29, 0.717) is 16.8 Å². The highest BCUT2D eigenvalue weighted by Crippen LogP contribution is 2.32. The van der Waals surface area contributed by atoms with Gasteiger partial charge in [0, 0.05) is 11.7 Å². The van der Waals surface area contributed by atoms with Gasteiger partial charge in [-0.15, -0.1) is 0 Å². The molecule has 30 heavy (non-hydrogen) atoms.